The molecule has 0 aliphatic heterocycles. The molecule has 1 N–H and O–H groups in total. The van der Waals surface area contributed by atoms with Crippen LogP contribution in [0.15, 0.2) is 77.7 Å². The Labute approximate surface area is 186 Å². The van der Waals surface area contributed by atoms with Crippen LogP contribution in [-0.4, -0.2) is 46.5 Å². The fourth-order valence-corrected chi connectivity index (χ4v) is 3.96. The topological polar surface area (TPSA) is 84.9 Å². The SMILES string of the molecule is COc1ccccc1NS(=O)(=O)c1ccc(C(=O)N(C)CCOc2ccccc2F)cc1. The molecule has 0 unspecified atom stereocenters. The number of hydrogen-bond donors (Lipinski definition) is 1. The predicted octanol–water partition coefficient (Wildman–Crippen LogP) is 3.79. The summed E-state index contributed by atoms with van der Waals surface area (Å²) in [7, 11) is -0.834. The number of likely N-dealkylation sites (N-methyl/N-ethyl adjacent to an activating group) is 1. The first-order chi connectivity index (χ1) is 15.3. The zero-order valence-corrected chi connectivity index (χ0v) is 18.4. The number of anilines is 1. The number of nitrogens with zero attached hydrogens (tertiary/aromatic N) is 1. The minimum atomic E-state index is -3.87. The molecule has 0 fully saturated rings. The van der Waals surface area contributed by atoms with Crippen LogP contribution < -0.4 is 14.2 Å². The average Bonchev–Trinajstić information content (AvgIpc) is 2.80. The van der Waals surface area contributed by atoms with E-state index < -0.39 is 15.8 Å². The second-order valence-corrected chi connectivity index (χ2v) is 8.52. The summed E-state index contributed by atoms with van der Waals surface area (Å²) < 4.78 is 52.0. The zero-order chi connectivity index (χ0) is 23.1. The van der Waals surface area contributed by atoms with E-state index in [1.807, 2.05) is 0 Å². The smallest absolute Gasteiger partial charge is 0.262 e. The predicted molar refractivity (Wildman–Crippen MR) is 119 cm³/mol. The van der Waals surface area contributed by atoms with Crippen LogP contribution in [0.2, 0.25) is 0 Å². The van der Waals surface area contributed by atoms with Crippen molar-refractivity contribution < 1.29 is 27.1 Å². The number of carbonyl (C=O) groups is 1. The molecule has 0 saturated carbocycles. The largest absolute Gasteiger partial charge is 0.495 e. The number of benzene rings is 3. The van der Waals surface area contributed by atoms with Crippen LogP contribution >= 0.6 is 0 Å². The Balaban J connectivity index is 1.62. The number of hydrogen-bond acceptors (Lipinski definition) is 5. The summed E-state index contributed by atoms with van der Waals surface area (Å²) in [5.74, 6) is -0.281. The molecule has 0 bridgehead atoms. The van der Waals surface area contributed by atoms with E-state index in [0.29, 0.717) is 17.0 Å². The minimum absolute atomic E-state index is 0.00509. The lowest BCUT2D eigenvalue weighted by Gasteiger charge is -2.18. The summed E-state index contributed by atoms with van der Waals surface area (Å²) in [4.78, 5) is 14.0. The summed E-state index contributed by atoms with van der Waals surface area (Å²) in [6.45, 7) is 0.334. The molecule has 0 heterocycles. The third kappa shape index (κ3) is 5.55. The van der Waals surface area contributed by atoms with Gasteiger partial charge in [-0.3, -0.25) is 9.52 Å². The van der Waals surface area contributed by atoms with E-state index >= 15 is 0 Å². The highest BCUT2D eigenvalue weighted by Crippen LogP contribution is 2.26. The van der Waals surface area contributed by atoms with Gasteiger partial charge in [0.05, 0.1) is 24.2 Å². The Morgan fingerprint density at radius 2 is 1.59 bits per heavy atom. The summed E-state index contributed by atoms with van der Waals surface area (Å²) in [6, 6.07) is 18.3. The van der Waals surface area contributed by atoms with E-state index in [-0.39, 0.29) is 29.7 Å². The maximum Gasteiger partial charge on any atom is 0.262 e. The number of nitrogens with one attached hydrogen (secondary N) is 1. The molecule has 168 valence electrons. The van der Waals surface area contributed by atoms with Gasteiger partial charge in [-0.2, -0.15) is 0 Å². The number of carbonyl (C=O) groups excluding carboxylic acids is 1. The Hall–Kier alpha value is -3.59. The van der Waals surface area contributed by atoms with Gasteiger partial charge in [0.15, 0.2) is 11.6 Å². The lowest BCUT2D eigenvalue weighted by molar-refractivity contribution is 0.0773. The number of rotatable bonds is 9. The standard InChI is InChI=1S/C23H23FN2O5S/c1-26(15-16-31-21-9-5-3-7-19(21)24)23(27)17-11-13-18(14-12-17)32(28,29)25-20-8-4-6-10-22(20)30-2/h3-14,25H,15-16H2,1-2H3. The van der Waals surface area contributed by atoms with Crippen LogP contribution in [0.5, 0.6) is 11.5 Å². The molecule has 1 amide bonds. The van der Waals surface area contributed by atoms with Gasteiger partial charge in [0.2, 0.25) is 0 Å². The second-order valence-electron chi connectivity index (χ2n) is 6.84. The van der Waals surface area contributed by atoms with Crippen LogP contribution in [0, 0.1) is 5.82 Å². The van der Waals surface area contributed by atoms with E-state index in [9.17, 15) is 17.6 Å². The molecule has 9 heteroatoms. The first kappa shape index (κ1) is 23.1. The molecule has 3 rings (SSSR count). The van der Waals surface area contributed by atoms with E-state index in [1.165, 1.54) is 48.4 Å². The second kappa shape index (κ2) is 10.1. The fourth-order valence-electron chi connectivity index (χ4n) is 2.89. The highest BCUT2D eigenvalue weighted by Gasteiger charge is 2.18. The van der Waals surface area contributed by atoms with Crippen LogP contribution in [-0.2, 0) is 10.0 Å². The van der Waals surface area contributed by atoms with Crippen LogP contribution in [0.3, 0.4) is 0 Å². The number of sulfonamides is 1. The van der Waals surface area contributed by atoms with E-state index in [0.717, 1.165) is 0 Å². The molecule has 7 nitrogen and oxygen atoms in total. The van der Waals surface area contributed by atoms with Crippen LogP contribution in [0.1, 0.15) is 10.4 Å². The van der Waals surface area contributed by atoms with Gasteiger partial charge in [-0.05, 0) is 48.5 Å². The monoisotopic (exact) mass is 458 g/mol. The molecule has 0 atom stereocenters. The third-order valence-corrected chi connectivity index (χ3v) is 6.01. The van der Waals surface area contributed by atoms with Crippen molar-refractivity contribution in [1.82, 2.24) is 4.90 Å². The summed E-state index contributed by atoms with van der Waals surface area (Å²) in [5, 5.41) is 0. The van der Waals surface area contributed by atoms with Crippen molar-refractivity contribution in [2.45, 2.75) is 4.90 Å². The maximum absolute atomic E-state index is 13.6. The lowest BCUT2D eigenvalue weighted by atomic mass is 10.2. The van der Waals surface area contributed by atoms with Gasteiger partial charge in [-0.15, -0.1) is 0 Å². The number of methoxy groups -OCH3 is 1. The Kier molecular flexibility index (Phi) is 7.32. The highest BCUT2D eigenvalue weighted by molar-refractivity contribution is 7.92. The van der Waals surface area contributed by atoms with Crippen LogP contribution in [0.25, 0.3) is 0 Å². The first-order valence-corrected chi connectivity index (χ1v) is 11.2. The number of amides is 1. The minimum Gasteiger partial charge on any atom is -0.495 e. The van der Waals surface area contributed by atoms with E-state index in [4.69, 9.17) is 9.47 Å². The number of para-hydroxylation sites is 3. The quantitative estimate of drug-likeness (QED) is 0.528. The van der Waals surface area contributed by atoms with Crippen molar-refractivity contribution in [1.29, 1.82) is 0 Å². The maximum atomic E-state index is 13.6. The van der Waals surface area contributed by atoms with Crippen LogP contribution in [0.4, 0.5) is 10.1 Å². The lowest BCUT2D eigenvalue weighted by Crippen LogP contribution is -2.31. The normalized spacial score (nSPS) is 11.0. The molecule has 0 saturated heterocycles. The van der Waals surface area contributed by atoms with Crippen molar-refractivity contribution in [3.05, 3.63) is 84.2 Å². The van der Waals surface area contributed by atoms with Gasteiger partial charge in [0, 0.05) is 12.6 Å². The fraction of sp³-hybridized carbons (Fsp3) is 0.174. The zero-order valence-electron chi connectivity index (χ0n) is 17.6. The molecule has 0 aromatic heterocycles. The summed E-state index contributed by atoms with van der Waals surface area (Å²) in [6.07, 6.45) is 0. The Morgan fingerprint density at radius 3 is 2.25 bits per heavy atom. The molecule has 0 radical (unpaired) electrons. The van der Waals surface area contributed by atoms with Crippen molar-refractivity contribution >= 4 is 21.6 Å². The van der Waals surface area contributed by atoms with Crippen molar-refractivity contribution in [2.24, 2.45) is 0 Å². The summed E-state index contributed by atoms with van der Waals surface area (Å²) >= 11 is 0. The van der Waals surface area contributed by atoms with Crippen molar-refractivity contribution in [3.8, 4) is 11.5 Å². The van der Waals surface area contributed by atoms with E-state index in [2.05, 4.69) is 4.72 Å². The van der Waals surface area contributed by atoms with Gasteiger partial charge < -0.3 is 14.4 Å². The molecular formula is C23H23FN2O5S. The van der Waals surface area contributed by atoms with Gasteiger partial charge in [0.25, 0.3) is 15.9 Å². The third-order valence-electron chi connectivity index (χ3n) is 4.63. The Morgan fingerprint density at radius 1 is 0.969 bits per heavy atom. The molecule has 3 aromatic carbocycles. The molecule has 0 aliphatic rings. The number of ether oxygens (including phenoxy) is 2. The summed E-state index contributed by atoms with van der Waals surface area (Å²) in [5.41, 5.74) is 0.624. The van der Waals surface area contributed by atoms with Gasteiger partial charge >= 0.3 is 0 Å². The van der Waals surface area contributed by atoms with E-state index in [1.54, 1.807) is 43.4 Å². The van der Waals surface area contributed by atoms with Gasteiger partial charge in [-0.25, -0.2) is 12.8 Å². The average molecular weight is 459 g/mol. The molecule has 0 aliphatic carbocycles. The number of halogens is 1. The molecule has 32 heavy (non-hydrogen) atoms. The molecule has 3 aromatic rings. The Bertz CT molecular complexity index is 1180. The van der Waals surface area contributed by atoms with Crippen molar-refractivity contribution in [2.75, 3.05) is 32.0 Å². The van der Waals surface area contributed by atoms with Gasteiger partial charge in [0.1, 0.15) is 12.4 Å². The van der Waals surface area contributed by atoms with Gasteiger partial charge in [-0.1, -0.05) is 24.3 Å². The van der Waals surface area contributed by atoms with Crippen molar-refractivity contribution in [3.63, 3.8) is 0 Å². The first-order valence-electron chi connectivity index (χ1n) is 9.70. The highest BCUT2D eigenvalue weighted by atomic mass is 32.2. The molecule has 0 spiro atoms. The molecular weight excluding hydrogens is 435 g/mol.